The number of benzene rings is 1. The summed E-state index contributed by atoms with van der Waals surface area (Å²) in [5.74, 6) is 0.297. The molecule has 1 amide bonds. The van der Waals surface area contributed by atoms with Crippen LogP contribution in [0.1, 0.15) is 46.9 Å². The zero-order valence-electron chi connectivity index (χ0n) is 18.9. The number of thioether (sulfide) groups is 1. The second-order valence-corrected chi connectivity index (χ2v) is 9.55. The van der Waals surface area contributed by atoms with Crippen LogP contribution in [0.15, 0.2) is 29.4 Å². The number of thiophene rings is 1. The fraction of sp³-hybridized carbons (Fsp3) is 0.391. The van der Waals surface area contributed by atoms with Crippen LogP contribution < -0.4 is 10.1 Å². The third-order valence-corrected chi connectivity index (χ3v) is 7.45. The third kappa shape index (κ3) is 5.41. The lowest BCUT2D eigenvalue weighted by atomic mass is 10.1. The van der Waals surface area contributed by atoms with Gasteiger partial charge in [-0.2, -0.15) is 0 Å². The number of nitrogens with one attached hydrogen (secondary N) is 1. The smallest absolute Gasteiger partial charge is 0.341 e. The van der Waals surface area contributed by atoms with Crippen LogP contribution in [0.5, 0.6) is 5.75 Å². The lowest BCUT2D eigenvalue weighted by molar-refractivity contribution is -0.113. The maximum atomic E-state index is 13.1. The van der Waals surface area contributed by atoms with Crippen LogP contribution in [0.2, 0.25) is 0 Å². The zero-order valence-corrected chi connectivity index (χ0v) is 20.6. The molecule has 0 unspecified atom stereocenters. The molecule has 1 N–H and O–H groups in total. The normalized spacial score (nSPS) is 12.4. The Kier molecular flexibility index (Phi) is 7.84. The van der Waals surface area contributed by atoms with E-state index in [-0.39, 0.29) is 36.7 Å². The summed E-state index contributed by atoms with van der Waals surface area (Å²) < 4.78 is 25.8. The number of nitrogens with zero attached hydrogens (tertiary/aromatic N) is 3. The summed E-state index contributed by atoms with van der Waals surface area (Å²) in [6, 6.07) is 5.75. The number of esters is 1. The van der Waals surface area contributed by atoms with Gasteiger partial charge in [-0.1, -0.05) is 11.8 Å². The van der Waals surface area contributed by atoms with Gasteiger partial charge in [-0.05, 0) is 62.9 Å². The van der Waals surface area contributed by atoms with Crippen LogP contribution >= 0.6 is 23.1 Å². The van der Waals surface area contributed by atoms with Gasteiger partial charge in [-0.15, -0.1) is 21.5 Å². The first kappa shape index (κ1) is 24.2. The summed E-state index contributed by atoms with van der Waals surface area (Å²) in [6.07, 6.45) is 2.75. The highest BCUT2D eigenvalue weighted by Gasteiger charge is 2.28. The Balaban J connectivity index is 1.38. The highest BCUT2D eigenvalue weighted by Crippen LogP contribution is 2.39. The number of aryl methyl sites for hydroxylation is 1. The topological polar surface area (TPSA) is 95.3 Å². The standard InChI is InChI=1S/C23H25FN4O4S2/c1-3-28-18(12-32-15-10-8-14(24)9-11-15)26-27-23(28)33-13-19(29)25-21-20(22(30)31-4-2)16-6-5-7-17(16)34-21/h8-11H,3-7,12-13H2,1-2H3,(H,25,29). The van der Waals surface area contributed by atoms with E-state index in [9.17, 15) is 14.0 Å². The van der Waals surface area contributed by atoms with Crippen molar-refractivity contribution in [2.45, 2.75) is 51.4 Å². The number of fused-ring (bicyclic) bond motifs is 1. The minimum atomic E-state index is -0.388. The van der Waals surface area contributed by atoms with Crippen molar-refractivity contribution in [3.8, 4) is 5.75 Å². The number of ether oxygens (including phenoxy) is 2. The van der Waals surface area contributed by atoms with Crippen molar-refractivity contribution in [2.24, 2.45) is 0 Å². The van der Waals surface area contributed by atoms with Gasteiger partial charge in [0.2, 0.25) is 5.91 Å². The molecule has 0 aliphatic heterocycles. The predicted octanol–water partition coefficient (Wildman–Crippen LogP) is 4.47. The molecule has 11 heteroatoms. The summed E-state index contributed by atoms with van der Waals surface area (Å²) in [6.45, 7) is 4.77. The van der Waals surface area contributed by atoms with Gasteiger partial charge in [-0.3, -0.25) is 4.79 Å². The van der Waals surface area contributed by atoms with Crippen LogP contribution in [0.4, 0.5) is 9.39 Å². The zero-order chi connectivity index (χ0) is 24.1. The molecule has 0 saturated carbocycles. The maximum absolute atomic E-state index is 13.1. The third-order valence-electron chi connectivity index (χ3n) is 5.28. The Morgan fingerprint density at radius 3 is 2.74 bits per heavy atom. The second-order valence-electron chi connectivity index (χ2n) is 7.50. The van der Waals surface area contributed by atoms with Crippen molar-refractivity contribution >= 4 is 40.0 Å². The van der Waals surface area contributed by atoms with E-state index < -0.39 is 0 Å². The number of carbonyl (C=O) groups excluding carboxylic acids is 2. The van der Waals surface area contributed by atoms with E-state index in [4.69, 9.17) is 9.47 Å². The summed E-state index contributed by atoms with van der Waals surface area (Å²) in [4.78, 5) is 26.3. The van der Waals surface area contributed by atoms with Crippen LogP contribution in [0, 0.1) is 5.82 Å². The van der Waals surface area contributed by atoms with Crippen LogP contribution in [-0.4, -0.2) is 39.0 Å². The van der Waals surface area contributed by atoms with Crippen molar-refractivity contribution in [1.82, 2.24) is 14.8 Å². The molecule has 4 rings (SSSR count). The van der Waals surface area contributed by atoms with Crippen LogP contribution in [-0.2, 0) is 35.5 Å². The number of amides is 1. The first-order chi connectivity index (χ1) is 16.5. The van der Waals surface area contributed by atoms with Crippen molar-refractivity contribution in [1.29, 1.82) is 0 Å². The van der Waals surface area contributed by atoms with Gasteiger partial charge in [0, 0.05) is 11.4 Å². The van der Waals surface area contributed by atoms with E-state index in [0.717, 1.165) is 29.7 Å². The summed E-state index contributed by atoms with van der Waals surface area (Å²) >= 11 is 2.71. The quantitative estimate of drug-likeness (QED) is 0.321. The highest BCUT2D eigenvalue weighted by molar-refractivity contribution is 7.99. The van der Waals surface area contributed by atoms with Crippen LogP contribution in [0.25, 0.3) is 0 Å². The van der Waals surface area contributed by atoms with Gasteiger partial charge in [0.1, 0.15) is 23.2 Å². The molecule has 0 spiro atoms. The van der Waals surface area contributed by atoms with Gasteiger partial charge >= 0.3 is 5.97 Å². The number of hydrogen-bond donors (Lipinski definition) is 1. The molecular formula is C23H25FN4O4S2. The Morgan fingerprint density at radius 2 is 2.00 bits per heavy atom. The molecule has 1 aromatic carbocycles. The molecule has 180 valence electrons. The molecule has 1 aliphatic rings. The molecule has 3 aromatic rings. The molecule has 0 radical (unpaired) electrons. The SMILES string of the molecule is CCOC(=O)c1c(NC(=O)CSc2nnc(COc3ccc(F)cc3)n2CC)sc2c1CCC2. The molecule has 8 nitrogen and oxygen atoms in total. The largest absolute Gasteiger partial charge is 0.486 e. The van der Waals surface area contributed by atoms with E-state index in [1.165, 1.54) is 35.2 Å². The Hall–Kier alpha value is -2.92. The van der Waals surface area contributed by atoms with E-state index in [1.54, 1.807) is 19.1 Å². The van der Waals surface area contributed by atoms with Gasteiger partial charge in [0.05, 0.1) is 17.9 Å². The lowest BCUT2D eigenvalue weighted by Crippen LogP contribution is -2.17. The minimum absolute atomic E-state index is 0.113. The molecular weight excluding hydrogens is 479 g/mol. The lowest BCUT2D eigenvalue weighted by Gasteiger charge is -2.09. The Bertz CT molecular complexity index is 1180. The van der Waals surface area contributed by atoms with E-state index in [1.807, 2.05) is 11.5 Å². The molecule has 0 saturated heterocycles. The number of carbonyl (C=O) groups is 2. The molecule has 2 heterocycles. The first-order valence-corrected chi connectivity index (χ1v) is 12.8. The number of rotatable bonds is 10. The van der Waals surface area contributed by atoms with Crippen molar-refractivity contribution in [3.63, 3.8) is 0 Å². The Morgan fingerprint density at radius 1 is 1.21 bits per heavy atom. The van der Waals surface area contributed by atoms with Gasteiger partial charge < -0.3 is 19.4 Å². The maximum Gasteiger partial charge on any atom is 0.341 e. The molecule has 0 fully saturated rings. The molecule has 0 atom stereocenters. The Labute approximate surface area is 204 Å². The number of anilines is 1. The van der Waals surface area contributed by atoms with Crippen LogP contribution in [0.3, 0.4) is 0 Å². The first-order valence-electron chi connectivity index (χ1n) is 11.0. The summed E-state index contributed by atoms with van der Waals surface area (Å²) in [7, 11) is 0. The number of halogens is 1. The number of hydrogen-bond acceptors (Lipinski definition) is 8. The second kappa shape index (κ2) is 11.0. The van der Waals surface area contributed by atoms with Crippen molar-refractivity contribution in [3.05, 3.63) is 51.9 Å². The predicted molar refractivity (Wildman–Crippen MR) is 128 cm³/mol. The van der Waals surface area contributed by atoms with Gasteiger partial charge in [0.15, 0.2) is 11.0 Å². The fourth-order valence-electron chi connectivity index (χ4n) is 3.73. The average molecular weight is 505 g/mol. The average Bonchev–Trinajstić information content (AvgIpc) is 3.51. The molecule has 34 heavy (non-hydrogen) atoms. The minimum Gasteiger partial charge on any atom is -0.486 e. The van der Waals surface area contributed by atoms with Crippen molar-refractivity contribution in [2.75, 3.05) is 17.7 Å². The monoisotopic (exact) mass is 504 g/mol. The number of aromatic nitrogens is 3. The highest BCUT2D eigenvalue weighted by atomic mass is 32.2. The fourth-order valence-corrected chi connectivity index (χ4v) is 5.85. The molecule has 1 aliphatic carbocycles. The summed E-state index contributed by atoms with van der Waals surface area (Å²) in [5.41, 5.74) is 1.50. The van der Waals surface area contributed by atoms with Gasteiger partial charge in [-0.25, -0.2) is 9.18 Å². The van der Waals surface area contributed by atoms with E-state index >= 15 is 0 Å². The van der Waals surface area contributed by atoms with Gasteiger partial charge in [0.25, 0.3) is 0 Å². The summed E-state index contributed by atoms with van der Waals surface area (Å²) in [5, 5.41) is 12.4. The molecule has 0 bridgehead atoms. The van der Waals surface area contributed by atoms with Crippen molar-refractivity contribution < 1.29 is 23.5 Å². The van der Waals surface area contributed by atoms with E-state index in [2.05, 4.69) is 15.5 Å². The molecule has 2 aromatic heterocycles. The van der Waals surface area contributed by atoms with E-state index in [0.29, 0.717) is 33.8 Å².